The third-order valence-electron chi connectivity index (χ3n) is 2.39. The molecule has 0 aromatic carbocycles. The van der Waals surface area contributed by atoms with E-state index >= 15 is 0 Å². The van der Waals surface area contributed by atoms with E-state index in [1.54, 1.807) is 11.3 Å². The zero-order chi connectivity index (χ0) is 10.7. The van der Waals surface area contributed by atoms with Crippen LogP contribution in [0.4, 0.5) is 0 Å². The zero-order valence-electron chi connectivity index (χ0n) is 8.32. The molecule has 0 spiro atoms. The first-order valence-corrected chi connectivity index (χ1v) is 6.14. The van der Waals surface area contributed by atoms with Gasteiger partial charge in [-0.1, -0.05) is 11.6 Å². The first-order chi connectivity index (χ1) is 7.25. The van der Waals surface area contributed by atoms with Crippen LogP contribution < -0.4 is 5.73 Å². The molecule has 1 saturated heterocycles. The maximum atomic E-state index is 6.05. The van der Waals surface area contributed by atoms with Crippen LogP contribution in [0.25, 0.3) is 0 Å². The van der Waals surface area contributed by atoms with Crippen LogP contribution in [0.15, 0.2) is 12.1 Å². The average molecular weight is 248 g/mol. The Morgan fingerprint density at radius 2 is 2.40 bits per heavy atom. The van der Waals surface area contributed by atoms with E-state index in [9.17, 15) is 0 Å². The SMILES string of the molecule is NC(Cc1ccc(Cl)s1)C1COCCO1. The Morgan fingerprint density at radius 3 is 3.00 bits per heavy atom. The van der Waals surface area contributed by atoms with Crippen molar-refractivity contribution in [3.8, 4) is 0 Å². The smallest absolute Gasteiger partial charge is 0.0963 e. The van der Waals surface area contributed by atoms with Gasteiger partial charge in [0, 0.05) is 10.9 Å². The Morgan fingerprint density at radius 1 is 1.53 bits per heavy atom. The van der Waals surface area contributed by atoms with Crippen LogP contribution in [0.3, 0.4) is 0 Å². The molecule has 2 unspecified atom stereocenters. The van der Waals surface area contributed by atoms with Crippen LogP contribution >= 0.6 is 22.9 Å². The fraction of sp³-hybridized carbons (Fsp3) is 0.600. The highest BCUT2D eigenvalue weighted by molar-refractivity contribution is 7.16. The molecule has 1 aromatic heterocycles. The van der Waals surface area contributed by atoms with Crippen molar-refractivity contribution in [3.63, 3.8) is 0 Å². The maximum Gasteiger partial charge on any atom is 0.0963 e. The molecule has 2 atom stereocenters. The minimum atomic E-state index is -0.0139. The summed E-state index contributed by atoms with van der Waals surface area (Å²) in [6, 6.07) is 3.89. The Balaban J connectivity index is 1.88. The number of halogens is 1. The lowest BCUT2D eigenvalue weighted by molar-refractivity contribution is -0.0966. The van der Waals surface area contributed by atoms with E-state index in [0.29, 0.717) is 19.8 Å². The van der Waals surface area contributed by atoms with E-state index in [0.717, 1.165) is 10.8 Å². The Kier molecular flexibility index (Phi) is 3.99. The predicted octanol–water partition coefficient (Wildman–Crippen LogP) is 1.69. The molecule has 2 rings (SSSR count). The van der Waals surface area contributed by atoms with Gasteiger partial charge in [0.1, 0.15) is 0 Å². The molecule has 3 nitrogen and oxygen atoms in total. The molecule has 1 aliphatic heterocycles. The van der Waals surface area contributed by atoms with Crippen molar-refractivity contribution in [1.29, 1.82) is 0 Å². The van der Waals surface area contributed by atoms with Crippen molar-refractivity contribution in [2.45, 2.75) is 18.6 Å². The van der Waals surface area contributed by atoms with Crippen LogP contribution in [0.5, 0.6) is 0 Å². The molecule has 2 heterocycles. The number of hydrogen-bond donors (Lipinski definition) is 1. The number of rotatable bonds is 3. The van der Waals surface area contributed by atoms with Gasteiger partial charge < -0.3 is 15.2 Å². The third kappa shape index (κ3) is 3.16. The minimum Gasteiger partial charge on any atom is -0.376 e. The highest BCUT2D eigenvalue weighted by Crippen LogP contribution is 2.23. The largest absolute Gasteiger partial charge is 0.376 e. The van der Waals surface area contributed by atoms with Crippen molar-refractivity contribution in [3.05, 3.63) is 21.3 Å². The van der Waals surface area contributed by atoms with Crippen molar-refractivity contribution in [2.24, 2.45) is 5.73 Å². The molecule has 1 fully saturated rings. The van der Waals surface area contributed by atoms with Crippen LogP contribution in [-0.4, -0.2) is 32.0 Å². The molecule has 1 aliphatic rings. The lowest BCUT2D eigenvalue weighted by atomic mass is 10.1. The first kappa shape index (κ1) is 11.4. The second-order valence-electron chi connectivity index (χ2n) is 3.56. The monoisotopic (exact) mass is 247 g/mol. The summed E-state index contributed by atoms with van der Waals surface area (Å²) in [5.74, 6) is 0. The summed E-state index contributed by atoms with van der Waals surface area (Å²) in [5, 5.41) is 0. The lowest BCUT2D eigenvalue weighted by Crippen LogP contribution is -2.44. The quantitative estimate of drug-likeness (QED) is 0.884. The number of nitrogens with two attached hydrogens (primary N) is 1. The molecule has 2 N–H and O–H groups in total. The standard InChI is InChI=1S/C10H14ClNO2S/c11-10-2-1-7(15-10)5-8(12)9-6-13-3-4-14-9/h1-2,8-9H,3-6,12H2. The fourth-order valence-corrected chi connectivity index (χ4v) is 2.74. The highest BCUT2D eigenvalue weighted by Gasteiger charge is 2.22. The van der Waals surface area contributed by atoms with Gasteiger partial charge in [0.05, 0.1) is 30.3 Å². The summed E-state index contributed by atoms with van der Waals surface area (Å²) >= 11 is 7.42. The van der Waals surface area contributed by atoms with Crippen molar-refractivity contribution in [2.75, 3.05) is 19.8 Å². The van der Waals surface area contributed by atoms with E-state index in [1.165, 1.54) is 4.88 Å². The minimum absolute atomic E-state index is 0.0135. The van der Waals surface area contributed by atoms with E-state index in [4.69, 9.17) is 26.8 Å². The summed E-state index contributed by atoms with van der Waals surface area (Å²) in [6.45, 7) is 1.91. The molecule has 0 bridgehead atoms. The van der Waals surface area contributed by atoms with E-state index in [-0.39, 0.29) is 12.1 Å². The summed E-state index contributed by atoms with van der Waals surface area (Å²) in [7, 11) is 0. The second-order valence-corrected chi connectivity index (χ2v) is 5.36. The Labute approximate surface area is 98.1 Å². The van der Waals surface area contributed by atoms with Crippen LogP contribution in [-0.2, 0) is 15.9 Å². The molecule has 0 amide bonds. The Bertz CT molecular complexity index is 312. The molecule has 1 aromatic rings. The van der Waals surface area contributed by atoms with Crippen molar-refractivity contribution in [1.82, 2.24) is 0 Å². The van der Waals surface area contributed by atoms with Crippen molar-refractivity contribution >= 4 is 22.9 Å². The number of thiophene rings is 1. The first-order valence-electron chi connectivity index (χ1n) is 4.95. The lowest BCUT2D eigenvalue weighted by Gasteiger charge is -2.27. The van der Waals surface area contributed by atoms with Gasteiger partial charge in [-0.05, 0) is 18.6 Å². The van der Waals surface area contributed by atoms with Crippen LogP contribution in [0.2, 0.25) is 4.34 Å². The van der Waals surface area contributed by atoms with Gasteiger partial charge in [-0.3, -0.25) is 0 Å². The molecule has 0 saturated carbocycles. The molecule has 0 radical (unpaired) electrons. The summed E-state index contributed by atoms with van der Waals surface area (Å²) in [5.41, 5.74) is 6.05. The highest BCUT2D eigenvalue weighted by atomic mass is 35.5. The molecule has 84 valence electrons. The van der Waals surface area contributed by atoms with Gasteiger partial charge >= 0.3 is 0 Å². The van der Waals surface area contributed by atoms with Gasteiger partial charge in [0.15, 0.2) is 0 Å². The predicted molar refractivity (Wildman–Crippen MR) is 61.6 cm³/mol. The topological polar surface area (TPSA) is 44.5 Å². The summed E-state index contributed by atoms with van der Waals surface area (Å²) in [4.78, 5) is 1.20. The zero-order valence-corrected chi connectivity index (χ0v) is 9.89. The molecule has 15 heavy (non-hydrogen) atoms. The number of ether oxygens (including phenoxy) is 2. The summed E-state index contributed by atoms with van der Waals surface area (Å²) in [6.07, 6.45) is 0.811. The van der Waals surface area contributed by atoms with Crippen LogP contribution in [0.1, 0.15) is 4.88 Å². The second kappa shape index (κ2) is 5.27. The molecule has 5 heteroatoms. The van der Waals surface area contributed by atoms with Crippen molar-refractivity contribution < 1.29 is 9.47 Å². The average Bonchev–Trinajstić information content (AvgIpc) is 2.65. The normalized spacial score (nSPS) is 24.0. The van der Waals surface area contributed by atoms with E-state index in [2.05, 4.69) is 0 Å². The van der Waals surface area contributed by atoms with Gasteiger partial charge in [0.25, 0.3) is 0 Å². The fourth-order valence-electron chi connectivity index (χ4n) is 1.58. The van der Waals surface area contributed by atoms with Crippen LogP contribution in [0, 0.1) is 0 Å². The number of hydrogen-bond acceptors (Lipinski definition) is 4. The maximum absolute atomic E-state index is 6.05. The molecule has 0 aliphatic carbocycles. The van der Waals surface area contributed by atoms with Gasteiger partial charge in [-0.2, -0.15) is 0 Å². The van der Waals surface area contributed by atoms with E-state index in [1.807, 2.05) is 12.1 Å². The van der Waals surface area contributed by atoms with Gasteiger partial charge in [0.2, 0.25) is 0 Å². The third-order valence-corrected chi connectivity index (χ3v) is 3.64. The molecular formula is C10H14ClNO2S. The van der Waals surface area contributed by atoms with Gasteiger partial charge in [-0.15, -0.1) is 11.3 Å². The van der Waals surface area contributed by atoms with E-state index < -0.39 is 0 Å². The van der Waals surface area contributed by atoms with Gasteiger partial charge in [-0.25, -0.2) is 0 Å². The summed E-state index contributed by atoms with van der Waals surface area (Å²) < 4.78 is 11.7. The Hall–Kier alpha value is -0.130. The molecular weight excluding hydrogens is 234 g/mol.